The summed E-state index contributed by atoms with van der Waals surface area (Å²) in [7, 11) is 1.61. The van der Waals surface area contributed by atoms with Crippen LogP contribution in [-0.4, -0.2) is 25.1 Å². The minimum atomic E-state index is -0.277. The van der Waals surface area contributed by atoms with E-state index in [9.17, 15) is 9.59 Å². The molecule has 0 bridgehead atoms. The molecule has 2 atom stereocenters. The number of anilines is 3. The molecule has 0 radical (unpaired) electrons. The van der Waals surface area contributed by atoms with Gasteiger partial charge in [-0.25, -0.2) is 4.79 Å². The van der Waals surface area contributed by atoms with E-state index in [0.29, 0.717) is 17.7 Å². The molecular weight excluding hydrogens is 486 g/mol. The number of para-hydroxylation sites is 1. The fraction of sp³-hybridized carbons (Fsp3) is 0.212. The van der Waals surface area contributed by atoms with Gasteiger partial charge in [-0.3, -0.25) is 9.69 Å². The molecule has 198 valence electrons. The van der Waals surface area contributed by atoms with Crippen LogP contribution in [0, 0.1) is 13.8 Å². The van der Waals surface area contributed by atoms with Gasteiger partial charge in [-0.15, -0.1) is 0 Å². The Morgan fingerprint density at radius 1 is 0.872 bits per heavy atom. The second-order valence-electron chi connectivity index (χ2n) is 10.1. The number of amides is 3. The highest BCUT2D eigenvalue weighted by Crippen LogP contribution is 2.43. The summed E-state index contributed by atoms with van der Waals surface area (Å²) in [6.45, 7) is 6.10. The Balaban J connectivity index is 1.58. The third-order valence-electron chi connectivity index (χ3n) is 7.23. The summed E-state index contributed by atoms with van der Waals surface area (Å²) in [6, 6.07) is 30.1. The first-order valence-electron chi connectivity index (χ1n) is 13.2. The van der Waals surface area contributed by atoms with Crippen LogP contribution in [-0.2, 0) is 0 Å². The van der Waals surface area contributed by atoms with Crippen LogP contribution in [0.2, 0.25) is 0 Å². The van der Waals surface area contributed by atoms with E-state index in [2.05, 4.69) is 11.4 Å². The molecule has 0 saturated carbocycles. The number of hydrogen-bond acceptors (Lipinski definition) is 3. The van der Waals surface area contributed by atoms with Gasteiger partial charge in [-0.2, -0.15) is 0 Å². The van der Waals surface area contributed by atoms with E-state index in [4.69, 9.17) is 4.74 Å². The molecule has 0 aliphatic carbocycles. The molecule has 6 heteroatoms. The Morgan fingerprint density at radius 2 is 1.54 bits per heavy atom. The SMILES string of the molecule is COc1ccc(C(=O)N2c3ccc(C)cc3[C@@H](N(C(=O)Nc3ccccc3)c3ccc(C)cc3)C[C@H]2C)cc1. The van der Waals surface area contributed by atoms with E-state index in [-0.39, 0.29) is 24.0 Å². The highest BCUT2D eigenvalue weighted by molar-refractivity contribution is 6.08. The number of nitrogens with zero attached hydrogens (tertiary/aromatic N) is 2. The number of methoxy groups -OCH3 is 1. The van der Waals surface area contributed by atoms with Crippen LogP contribution in [0.3, 0.4) is 0 Å². The molecule has 0 unspecified atom stereocenters. The van der Waals surface area contributed by atoms with Crippen LogP contribution >= 0.6 is 0 Å². The highest BCUT2D eigenvalue weighted by atomic mass is 16.5. The van der Waals surface area contributed by atoms with Gasteiger partial charge in [0.15, 0.2) is 0 Å². The molecule has 1 N–H and O–H groups in total. The lowest BCUT2D eigenvalue weighted by atomic mass is 9.88. The number of ether oxygens (including phenoxy) is 1. The lowest BCUT2D eigenvalue weighted by Crippen LogP contribution is -2.48. The number of carbonyl (C=O) groups excluding carboxylic acids is 2. The summed E-state index contributed by atoms with van der Waals surface area (Å²) >= 11 is 0. The summed E-state index contributed by atoms with van der Waals surface area (Å²) in [6.07, 6.45) is 0.578. The summed E-state index contributed by atoms with van der Waals surface area (Å²) in [5, 5.41) is 3.08. The minimum Gasteiger partial charge on any atom is -0.497 e. The van der Waals surface area contributed by atoms with E-state index < -0.39 is 0 Å². The molecule has 3 amide bonds. The molecule has 5 rings (SSSR count). The summed E-state index contributed by atoms with van der Waals surface area (Å²) in [4.78, 5) is 31.4. The first kappa shape index (κ1) is 26.0. The fourth-order valence-corrected chi connectivity index (χ4v) is 5.23. The molecule has 0 aromatic heterocycles. The highest BCUT2D eigenvalue weighted by Gasteiger charge is 2.39. The molecule has 39 heavy (non-hydrogen) atoms. The molecule has 4 aromatic rings. The van der Waals surface area contributed by atoms with E-state index >= 15 is 0 Å². The zero-order chi connectivity index (χ0) is 27.5. The predicted octanol–water partition coefficient (Wildman–Crippen LogP) is 7.53. The third-order valence-corrected chi connectivity index (χ3v) is 7.23. The minimum absolute atomic E-state index is 0.0793. The van der Waals surface area contributed by atoms with Crippen LogP contribution in [0.1, 0.15) is 46.4 Å². The molecule has 0 fully saturated rings. The van der Waals surface area contributed by atoms with E-state index in [1.807, 2.05) is 97.3 Å². The zero-order valence-electron chi connectivity index (χ0n) is 22.7. The van der Waals surface area contributed by atoms with Crippen molar-refractivity contribution in [1.29, 1.82) is 0 Å². The van der Waals surface area contributed by atoms with Crippen molar-refractivity contribution in [2.24, 2.45) is 0 Å². The van der Waals surface area contributed by atoms with Crippen LogP contribution in [0.5, 0.6) is 5.75 Å². The molecule has 1 aliphatic rings. The lowest BCUT2D eigenvalue weighted by Gasteiger charge is -2.43. The number of hydrogen-bond donors (Lipinski definition) is 1. The molecule has 6 nitrogen and oxygen atoms in total. The molecule has 0 saturated heterocycles. The summed E-state index contributed by atoms with van der Waals surface area (Å²) in [5.41, 5.74) is 6.06. The standard InChI is InChI=1S/C33H33N3O3/c1-22-10-15-27(16-11-22)36(33(38)34-26-8-6-5-7-9-26)31-21-24(3)35(30-19-12-23(2)20-29(30)31)32(37)25-13-17-28(39-4)18-14-25/h5-20,24,31H,21H2,1-4H3,(H,34,38)/t24-,31+/m1/s1. The number of nitrogens with one attached hydrogen (secondary N) is 1. The molecule has 1 heterocycles. The second kappa shape index (κ2) is 11.0. The zero-order valence-corrected chi connectivity index (χ0v) is 22.7. The van der Waals surface area contributed by atoms with Gasteiger partial charge in [0.2, 0.25) is 0 Å². The van der Waals surface area contributed by atoms with Gasteiger partial charge in [-0.1, -0.05) is 53.6 Å². The summed E-state index contributed by atoms with van der Waals surface area (Å²) < 4.78 is 5.27. The maximum absolute atomic E-state index is 13.9. The number of benzene rings is 4. The van der Waals surface area contributed by atoms with Crippen LogP contribution in [0.15, 0.2) is 97.1 Å². The van der Waals surface area contributed by atoms with Gasteiger partial charge in [-0.05, 0) is 87.4 Å². The normalized spacial score (nSPS) is 16.3. The Kier molecular flexibility index (Phi) is 7.37. The number of carbonyl (C=O) groups is 2. The van der Waals surface area contributed by atoms with Crippen molar-refractivity contribution in [3.63, 3.8) is 0 Å². The average Bonchev–Trinajstić information content (AvgIpc) is 2.95. The number of fused-ring (bicyclic) bond motifs is 1. The van der Waals surface area contributed by atoms with Gasteiger partial charge in [0.25, 0.3) is 5.91 Å². The van der Waals surface area contributed by atoms with Crippen molar-refractivity contribution in [3.8, 4) is 5.75 Å². The number of urea groups is 1. The molecule has 4 aromatic carbocycles. The van der Waals surface area contributed by atoms with E-state index in [0.717, 1.165) is 33.8 Å². The van der Waals surface area contributed by atoms with E-state index in [1.165, 1.54) is 0 Å². The van der Waals surface area contributed by atoms with Gasteiger partial charge in [0.05, 0.1) is 13.2 Å². The van der Waals surface area contributed by atoms with Gasteiger partial charge < -0.3 is 15.0 Å². The van der Waals surface area contributed by atoms with Gasteiger partial charge in [0, 0.05) is 28.7 Å². The van der Waals surface area contributed by atoms with Gasteiger partial charge >= 0.3 is 6.03 Å². The van der Waals surface area contributed by atoms with Crippen molar-refractivity contribution in [3.05, 3.63) is 119 Å². The lowest BCUT2D eigenvalue weighted by molar-refractivity contribution is 0.0973. The third kappa shape index (κ3) is 5.36. The van der Waals surface area contributed by atoms with Crippen molar-refractivity contribution in [1.82, 2.24) is 0 Å². The van der Waals surface area contributed by atoms with E-state index in [1.54, 1.807) is 31.4 Å². The first-order valence-corrected chi connectivity index (χ1v) is 13.2. The fourth-order valence-electron chi connectivity index (χ4n) is 5.23. The number of aryl methyl sites for hydroxylation is 2. The molecule has 1 aliphatic heterocycles. The van der Waals surface area contributed by atoms with Crippen LogP contribution in [0.25, 0.3) is 0 Å². The largest absolute Gasteiger partial charge is 0.497 e. The van der Waals surface area contributed by atoms with Crippen LogP contribution < -0.4 is 19.9 Å². The average molecular weight is 520 g/mol. The second-order valence-corrected chi connectivity index (χ2v) is 10.1. The smallest absolute Gasteiger partial charge is 0.326 e. The summed E-state index contributed by atoms with van der Waals surface area (Å²) in [5.74, 6) is 0.622. The Hall–Kier alpha value is -4.58. The van der Waals surface area contributed by atoms with Crippen molar-refractivity contribution < 1.29 is 14.3 Å². The Bertz CT molecular complexity index is 1470. The van der Waals surface area contributed by atoms with Crippen molar-refractivity contribution in [2.45, 2.75) is 39.3 Å². The Morgan fingerprint density at radius 3 is 2.21 bits per heavy atom. The quantitative estimate of drug-likeness (QED) is 0.296. The maximum Gasteiger partial charge on any atom is 0.326 e. The molecular formula is C33H33N3O3. The van der Waals surface area contributed by atoms with Crippen molar-refractivity contribution in [2.75, 3.05) is 22.2 Å². The maximum atomic E-state index is 13.9. The van der Waals surface area contributed by atoms with Crippen LogP contribution in [0.4, 0.5) is 21.9 Å². The number of rotatable bonds is 5. The first-order chi connectivity index (χ1) is 18.9. The van der Waals surface area contributed by atoms with Gasteiger partial charge in [0.1, 0.15) is 5.75 Å². The molecule has 0 spiro atoms. The monoisotopic (exact) mass is 519 g/mol. The predicted molar refractivity (Wildman–Crippen MR) is 157 cm³/mol. The topological polar surface area (TPSA) is 61.9 Å². The Labute approximate surface area is 229 Å². The van der Waals surface area contributed by atoms with Crippen molar-refractivity contribution >= 4 is 29.0 Å².